The zero-order chi connectivity index (χ0) is 16.8. The maximum Gasteiger partial charge on any atom is 0.317 e. The van der Waals surface area contributed by atoms with Gasteiger partial charge in [-0.05, 0) is 19.1 Å². The van der Waals surface area contributed by atoms with Crippen LogP contribution < -0.4 is 19.1 Å². The van der Waals surface area contributed by atoms with Gasteiger partial charge in [0.2, 0.25) is 6.79 Å². The molecular weight excluding hydrogens is 324 g/mol. The predicted octanol–water partition coefficient (Wildman–Crippen LogP) is 3.25. The minimum Gasteiger partial charge on any atom is -0.464 e. The van der Waals surface area contributed by atoms with Gasteiger partial charge in [0, 0.05) is 22.6 Å². The molecule has 0 radical (unpaired) electrons. The molecule has 0 N–H and O–H groups in total. The molecule has 0 amide bonds. The highest BCUT2D eigenvalue weighted by Crippen LogP contribution is 2.40. The van der Waals surface area contributed by atoms with E-state index in [9.17, 15) is 0 Å². The summed E-state index contributed by atoms with van der Waals surface area (Å²) in [6.07, 6.45) is 0. The summed E-state index contributed by atoms with van der Waals surface area (Å²) < 4.78 is 16.5. The third-order valence-electron chi connectivity index (χ3n) is 4.15. The van der Waals surface area contributed by atoms with E-state index < -0.39 is 0 Å². The van der Waals surface area contributed by atoms with Crippen LogP contribution in [0.15, 0.2) is 30.3 Å². The maximum absolute atomic E-state index is 5.54. The minimum absolute atomic E-state index is 0.205. The summed E-state index contributed by atoms with van der Waals surface area (Å²) in [6.45, 7) is 3.03. The van der Waals surface area contributed by atoms with Crippen molar-refractivity contribution in [3.63, 3.8) is 0 Å². The molecule has 126 valence electrons. The van der Waals surface area contributed by atoms with Crippen molar-refractivity contribution in [1.82, 2.24) is 9.97 Å². The van der Waals surface area contributed by atoms with Gasteiger partial charge in [-0.2, -0.15) is 14.9 Å². The molecule has 0 aliphatic carbocycles. The van der Waals surface area contributed by atoms with Crippen LogP contribution in [0.25, 0.3) is 22.2 Å². The summed E-state index contributed by atoms with van der Waals surface area (Å²) in [5.41, 5.74) is 3.36. The smallest absolute Gasteiger partial charge is 0.317 e. The second-order valence-electron chi connectivity index (χ2n) is 5.68. The van der Waals surface area contributed by atoms with Gasteiger partial charge in [0.05, 0.1) is 17.8 Å². The monoisotopic (exact) mass is 338 g/mol. The van der Waals surface area contributed by atoms with E-state index >= 15 is 0 Å². The molecule has 0 spiro atoms. The molecule has 0 unspecified atom stereocenters. The van der Waals surface area contributed by atoms with E-state index in [1.165, 1.54) is 0 Å². The Balaban J connectivity index is 1.74. The Morgan fingerprint density at radius 1 is 1.04 bits per heavy atom. The first-order chi connectivity index (χ1) is 12.3. The van der Waals surface area contributed by atoms with E-state index in [0.717, 1.165) is 27.7 Å². The van der Waals surface area contributed by atoms with Crippen molar-refractivity contribution in [2.24, 2.45) is 0 Å². The Bertz CT molecular complexity index is 989. The zero-order valence-corrected chi connectivity index (χ0v) is 13.4. The Hall–Kier alpha value is -3.06. The topological polar surface area (TPSA) is 71.9 Å². The normalized spacial score (nSPS) is 14.4. The molecule has 1 aromatic heterocycles. The summed E-state index contributed by atoms with van der Waals surface area (Å²) in [5, 5.41) is 0.853. The summed E-state index contributed by atoms with van der Waals surface area (Å²) in [7, 11) is 0. The molecule has 7 nitrogen and oxygen atoms in total. The Kier molecular flexibility index (Phi) is 3.14. The second-order valence-corrected chi connectivity index (χ2v) is 5.68. The largest absolute Gasteiger partial charge is 0.464 e. The first kappa shape index (κ1) is 14.3. The van der Waals surface area contributed by atoms with Gasteiger partial charge in [-0.25, -0.2) is 0 Å². The van der Waals surface area contributed by atoms with Gasteiger partial charge in [-0.15, -0.1) is 0 Å². The number of nitrogens with zero attached hydrogens (tertiary/aromatic N) is 2. The van der Waals surface area contributed by atoms with E-state index in [1.54, 1.807) is 0 Å². The number of rotatable bonds is 3. The van der Waals surface area contributed by atoms with Crippen LogP contribution >= 0.6 is 0 Å². The summed E-state index contributed by atoms with van der Waals surface area (Å²) >= 11 is 0. The Labute approximate surface area is 143 Å². The molecule has 0 fully saturated rings. The number of hydrogen-bond donors (Lipinski definition) is 0. The van der Waals surface area contributed by atoms with Crippen molar-refractivity contribution >= 4 is 10.9 Å². The molecule has 2 aliphatic heterocycles. The molecule has 0 saturated heterocycles. The molecule has 3 heterocycles. The van der Waals surface area contributed by atoms with Crippen LogP contribution in [0.1, 0.15) is 12.5 Å². The molecule has 25 heavy (non-hydrogen) atoms. The molecule has 7 heteroatoms. The van der Waals surface area contributed by atoms with Crippen LogP contribution in [0, 0.1) is 0 Å². The van der Waals surface area contributed by atoms with Gasteiger partial charge in [-0.1, -0.05) is 12.1 Å². The number of aromatic nitrogens is 2. The quantitative estimate of drug-likeness (QED) is 0.679. The standard InChI is InChI=1S/C18H14N2O5/c1-2-21-18-19-13-7-16-15(22-9-23-16)6-12(13)17(20-18)10-3-4-11-8-24-25-14(11)5-10/h3-7H,2,8-9H2,1H3. The first-order valence-corrected chi connectivity index (χ1v) is 7.99. The second kappa shape index (κ2) is 5.49. The summed E-state index contributed by atoms with van der Waals surface area (Å²) in [4.78, 5) is 19.3. The molecule has 5 rings (SSSR count). The highest BCUT2D eigenvalue weighted by atomic mass is 17.2. The number of hydrogen-bond acceptors (Lipinski definition) is 7. The van der Waals surface area contributed by atoms with E-state index in [2.05, 4.69) is 9.97 Å². The fraction of sp³-hybridized carbons (Fsp3) is 0.222. The third-order valence-corrected chi connectivity index (χ3v) is 4.15. The molecule has 0 atom stereocenters. The highest BCUT2D eigenvalue weighted by Gasteiger charge is 2.21. The molecule has 0 saturated carbocycles. The summed E-state index contributed by atoms with van der Waals surface area (Å²) in [6, 6.07) is 9.93. The number of fused-ring (bicyclic) bond motifs is 3. The van der Waals surface area contributed by atoms with Gasteiger partial charge in [0.25, 0.3) is 0 Å². The Morgan fingerprint density at radius 2 is 1.92 bits per heavy atom. The lowest BCUT2D eigenvalue weighted by Gasteiger charge is -2.10. The van der Waals surface area contributed by atoms with Crippen LogP contribution in [-0.4, -0.2) is 23.4 Å². The fourth-order valence-corrected chi connectivity index (χ4v) is 2.97. The van der Waals surface area contributed by atoms with Gasteiger partial charge in [0.1, 0.15) is 6.61 Å². The predicted molar refractivity (Wildman–Crippen MR) is 87.7 cm³/mol. The van der Waals surface area contributed by atoms with Gasteiger partial charge in [0.15, 0.2) is 17.2 Å². The van der Waals surface area contributed by atoms with Crippen molar-refractivity contribution < 1.29 is 24.0 Å². The van der Waals surface area contributed by atoms with Crippen molar-refractivity contribution in [2.75, 3.05) is 13.4 Å². The molecular formula is C18H14N2O5. The average Bonchev–Trinajstić information content (AvgIpc) is 3.27. The van der Waals surface area contributed by atoms with Crippen LogP contribution in [-0.2, 0) is 11.5 Å². The average molecular weight is 338 g/mol. The molecule has 2 aliphatic rings. The van der Waals surface area contributed by atoms with Crippen molar-refractivity contribution in [3.05, 3.63) is 35.9 Å². The van der Waals surface area contributed by atoms with Gasteiger partial charge >= 0.3 is 6.01 Å². The third kappa shape index (κ3) is 2.32. The van der Waals surface area contributed by atoms with Crippen LogP contribution in [0.2, 0.25) is 0 Å². The lowest BCUT2D eigenvalue weighted by Crippen LogP contribution is -2.00. The number of benzene rings is 2. The van der Waals surface area contributed by atoms with Crippen molar-refractivity contribution in [2.45, 2.75) is 13.5 Å². The molecule has 3 aromatic rings. The minimum atomic E-state index is 0.205. The van der Waals surface area contributed by atoms with Crippen LogP contribution in [0.4, 0.5) is 0 Å². The van der Waals surface area contributed by atoms with E-state index in [1.807, 2.05) is 37.3 Å². The maximum atomic E-state index is 5.54. The van der Waals surface area contributed by atoms with Crippen molar-refractivity contribution in [3.8, 4) is 34.5 Å². The first-order valence-electron chi connectivity index (χ1n) is 7.99. The van der Waals surface area contributed by atoms with Crippen molar-refractivity contribution in [1.29, 1.82) is 0 Å². The Morgan fingerprint density at radius 3 is 2.80 bits per heavy atom. The number of ether oxygens (including phenoxy) is 3. The highest BCUT2D eigenvalue weighted by molar-refractivity contribution is 5.95. The van der Waals surface area contributed by atoms with Crippen LogP contribution in [0.3, 0.4) is 0 Å². The lowest BCUT2D eigenvalue weighted by atomic mass is 10.0. The zero-order valence-electron chi connectivity index (χ0n) is 13.4. The SMILES string of the molecule is CCOc1nc(-c2ccc3c(c2)OOC3)c2cc3c(cc2n1)OCO3. The van der Waals surface area contributed by atoms with Crippen LogP contribution in [0.5, 0.6) is 23.3 Å². The van der Waals surface area contributed by atoms with E-state index in [-0.39, 0.29) is 6.79 Å². The molecule has 2 aromatic carbocycles. The fourth-order valence-electron chi connectivity index (χ4n) is 2.97. The van der Waals surface area contributed by atoms with E-state index in [0.29, 0.717) is 36.5 Å². The van der Waals surface area contributed by atoms with E-state index in [4.69, 9.17) is 24.0 Å². The molecule has 0 bridgehead atoms. The van der Waals surface area contributed by atoms with Gasteiger partial charge in [-0.3, -0.25) is 0 Å². The summed E-state index contributed by atoms with van der Waals surface area (Å²) in [5.74, 6) is 2.05. The van der Waals surface area contributed by atoms with Gasteiger partial charge < -0.3 is 19.1 Å². The lowest BCUT2D eigenvalue weighted by molar-refractivity contribution is -0.194.